The highest BCUT2D eigenvalue weighted by molar-refractivity contribution is 8.01. The van der Waals surface area contributed by atoms with Crippen molar-refractivity contribution in [3.8, 4) is 0 Å². The fourth-order valence-corrected chi connectivity index (χ4v) is 0.439. The van der Waals surface area contributed by atoms with Crippen LogP contribution in [0.4, 0.5) is 0 Å². The van der Waals surface area contributed by atoms with E-state index in [4.69, 9.17) is 0 Å². The quantitative estimate of drug-likeness (QED) is 0.414. The van der Waals surface area contributed by atoms with Crippen molar-refractivity contribution in [1.82, 2.24) is 0 Å². The standard InChI is InChI=1S/C5H8O2S/c1-7-5(6)3-4-8-2/h3-4H,1-2H3. The van der Waals surface area contributed by atoms with E-state index in [0.29, 0.717) is 0 Å². The number of hydrogen-bond donors (Lipinski definition) is 0. The van der Waals surface area contributed by atoms with Gasteiger partial charge in [0.25, 0.3) is 0 Å². The third-order valence-electron chi connectivity index (χ3n) is 0.541. The number of hydrogen-bond acceptors (Lipinski definition) is 3. The van der Waals surface area contributed by atoms with E-state index in [9.17, 15) is 4.79 Å². The van der Waals surface area contributed by atoms with Crippen LogP contribution >= 0.6 is 11.8 Å². The topological polar surface area (TPSA) is 26.3 Å². The van der Waals surface area contributed by atoms with E-state index in [2.05, 4.69) is 4.74 Å². The Morgan fingerprint density at radius 1 is 1.75 bits per heavy atom. The van der Waals surface area contributed by atoms with E-state index in [1.807, 2.05) is 6.26 Å². The molecule has 0 unspecified atom stereocenters. The molecule has 0 aliphatic heterocycles. The zero-order valence-corrected chi connectivity index (χ0v) is 5.70. The molecule has 0 spiro atoms. The molecule has 0 aromatic carbocycles. The van der Waals surface area contributed by atoms with Crippen molar-refractivity contribution in [2.45, 2.75) is 0 Å². The number of ether oxygens (including phenoxy) is 1. The molecule has 0 aliphatic carbocycles. The van der Waals surface area contributed by atoms with Crippen LogP contribution in [0.25, 0.3) is 0 Å². The summed E-state index contributed by atoms with van der Waals surface area (Å²) in [5, 5.41) is 1.67. The highest BCUT2D eigenvalue weighted by atomic mass is 32.2. The molecule has 0 radical (unpaired) electrons. The zero-order valence-electron chi connectivity index (χ0n) is 4.88. The predicted molar refractivity (Wildman–Crippen MR) is 34.7 cm³/mol. The van der Waals surface area contributed by atoms with E-state index in [1.54, 1.807) is 5.41 Å². The molecule has 2 nitrogen and oxygen atoms in total. The SMILES string of the molecule is COC(=O)C=CSC. The Kier molecular flexibility index (Phi) is 4.45. The fraction of sp³-hybridized carbons (Fsp3) is 0.400. The van der Waals surface area contributed by atoms with Crippen LogP contribution in [0, 0.1) is 0 Å². The van der Waals surface area contributed by atoms with Crippen LogP contribution in [0.5, 0.6) is 0 Å². The second-order valence-corrected chi connectivity index (χ2v) is 1.81. The molecule has 0 aromatic heterocycles. The minimum Gasteiger partial charge on any atom is -0.466 e. The number of carbonyl (C=O) groups is 1. The Hall–Kier alpha value is -0.440. The number of carbonyl (C=O) groups excluding carboxylic acids is 1. The Bertz CT molecular complexity index is 98.6. The lowest BCUT2D eigenvalue weighted by Crippen LogP contribution is -1.92. The summed E-state index contributed by atoms with van der Waals surface area (Å²) in [5.41, 5.74) is 0. The Balaban J connectivity index is 3.37. The molecule has 0 bridgehead atoms. The maximum atomic E-state index is 10.2. The second kappa shape index (κ2) is 4.71. The Morgan fingerprint density at radius 2 is 2.38 bits per heavy atom. The maximum Gasteiger partial charge on any atom is 0.330 e. The Morgan fingerprint density at radius 3 is 2.75 bits per heavy atom. The minimum atomic E-state index is -0.306. The second-order valence-electron chi connectivity index (χ2n) is 1.06. The van der Waals surface area contributed by atoms with Gasteiger partial charge in [0.1, 0.15) is 0 Å². The van der Waals surface area contributed by atoms with Gasteiger partial charge in [-0.3, -0.25) is 0 Å². The van der Waals surface area contributed by atoms with Crippen molar-refractivity contribution in [3.05, 3.63) is 11.5 Å². The van der Waals surface area contributed by atoms with Crippen molar-refractivity contribution < 1.29 is 9.53 Å². The summed E-state index contributed by atoms with van der Waals surface area (Å²) in [6.07, 6.45) is 3.25. The molecule has 0 aliphatic rings. The van der Waals surface area contributed by atoms with Gasteiger partial charge in [0.2, 0.25) is 0 Å². The smallest absolute Gasteiger partial charge is 0.330 e. The third-order valence-corrected chi connectivity index (χ3v) is 0.950. The van der Waals surface area contributed by atoms with Gasteiger partial charge in [0.15, 0.2) is 0 Å². The lowest BCUT2D eigenvalue weighted by atomic mass is 10.7. The van der Waals surface area contributed by atoms with Crippen LogP contribution in [-0.4, -0.2) is 19.3 Å². The third kappa shape index (κ3) is 3.74. The van der Waals surface area contributed by atoms with Crippen molar-refractivity contribution >= 4 is 17.7 Å². The summed E-state index contributed by atoms with van der Waals surface area (Å²) < 4.78 is 4.31. The fourth-order valence-electron chi connectivity index (χ4n) is 0.192. The van der Waals surface area contributed by atoms with Gasteiger partial charge in [-0.05, 0) is 11.7 Å². The molecule has 0 fully saturated rings. The van der Waals surface area contributed by atoms with E-state index in [0.717, 1.165) is 0 Å². The van der Waals surface area contributed by atoms with Crippen molar-refractivity contribution in [2.24, 2.45) is 0 Å². The average molecular weight is 132 g/mol. The monoisotopic (exact) mass is 132 g/mol. The maximum absolute atomic E-state index is 10.2. The van der Waals surface area contributed by atoms with Crippen LogP contribution in [-0.2, 0) is 9.53 Å². The number of methoxy groups -OCH3 is 1. The van der Waals surface area contributed by atoms with Crippen molar-refractivity contribution in [1.29, 1.82) is 0 Å². The van der Waals surface area contributed by atoms with Crippen LogP contribution in [0.15, 0.2) is 11.5 Å². The summed E-state index contributed by atoms with van der Waals surface area (Å²) in [4.78, 5) is 10.2. The first-order chi connectivity index (χ1) is 3.81. The molecule has 46 valence electrons. The molecule has 0 aromatic rings. The van der Waals surface area contributed by atoms with Gasteiger partial charge in [-0.2, -0.15) is 0 Å². The van der Waals surface area contributed by atoms with Crippen LogP contribution < -0.4 is 0 Å². The molecule has 0 saturated heterocycles. The summed E-state index contributed by atoms with van der Waals surface area (Å²) in [6.45, 7) is 0. The molecular weight excluding hydrogens is 124 g/mol. The normalized spacial score (nSPS) is 9.75. The molecule has 0 saturated carbocycles. The first-order valence-corrected chi connectivity index (χ1v) is 3.37. The molecular formula is C5H8O2S. The van der Waals surface area contributed by atoms with Gasteiger partial charge >= 0.3 is 5.97 Å². The average Bonchev–Trinajstić information content (AvgIpc) is 1.83. The van der Waals surface area contributed by atoms with E-state index in [1.165, 1.54) is 24.9 Å². The summed E-state index contributed by atoms with van der Waals surface area (Å²) in [7, 11) is 1.35. The van der Waals surface area contributed by atoms with Gasteiger partial charge in [-0.25, -0.2) is 4.79 Å². The molecule has 0 amide bonds. The summed E-state index contributed by atoms with van der Waals surface area (Å²) >= 11 is 1.46. The first kappa shape index (κ1) is 7.56. The minimum absolute atomic E-state index is 0.306. The molecule has 0 atom stereocenters. The number of thioether (sulfide) groups is 1. The lowest BCUT2D eigenvalue weighted by molar-refractivity contribution is -0.134. The molecule has 0 N–H and O–H groups in total. The van der Waals surface area contributed by atoms with Crippen LogP contribution in [0.2, 0.25) is 0 Å². The van der Waals surface area contributed by atoms with Gasteiger partial charge in [0.05, 0.1) is 7.11 Å². The van der Waals surface area contributed by atoms with Gasteiger partial charge in [0, 0.05) is 6.08 Å². The molecule has 8 heavy (non-hydrogen) atoms. The summed E-state index contributed by atoms with van der Waals surface area (Å²) in [5.74, 6) is -0.306. The Labute approximate surface area is 52.9 Å². The lowest BCUT2D eigenvalue weighted by Gasteiger charge is -1.85. The zero-order chi connectivity index (χ0) is 6.41. The van der Waals surface area contributed by atoms with Crippen molar-refractivity contribution in [2.75, 3.05) is 13.4 Å². The predicted octanol–water partition coefficient (Wildman–Crippen LogP) is 1.04. The van der Waals surface area contributed by atoms with Gasteiger partial charge in [-0.1, -0.05) is 0 Å². The largest absolute Gasteiger partial charge is 0.466 e. The van der Waals surface area contributed by atoms with E-state index < -0.39 is 0 Å². The van der Waals surface area contributed by atoms with Gasteiger partial charge in [-0.15, -0.1) is 11.8 Å². The van der Waals surface area contributed by atoms with Crippen LogP contribution in [0.3, 0.4) is 0 Å². The molecule has 3 heteroatoms. The number of rotatable bonds is 2. The van der Waals surface area contributed by atoms with Crippen molar-refractivity contribution in [3.63, 3.8) is 0 Å². The van der Waals surface area contributed by atoms with Gasteiger partial charge < -0.3 is 4.74 Å². The first-order valence-electron chi connectivity index (χ1n) is 2.08. The molecule has 0 rings (SSSR count). The van der Waals surface area contributed by atoms with Crippen LogP contribution in [0.1, 0.15) is 0 Å². The van der Waals surface area contributed by atoms with E-state index >= 15 is 0 Å². The summed E-state index contributed by atoms with van der Waals surface area (Å²) in [6, 6.07) is 0. The number of esters is 1. The highest BCUT2D eigenvalue weighted by Gasteiger charge is 1.86. The molecule has 0 heterocycles. The highest BCUT2D eigenvalue weighted by Crippen LogP contribution is 1.92. The van der Waals surface area contributed by atoms with E-state index in [-0.39, 0.29) is 5.97 Å².